The van der Waals surface area contributed by atoms with Gasteiger partial charge < -0.3 is 45.3 Å². The van der Waals surface area contributed by atoms with Crippen molar-refractivity contribution in [3.8, 4) is 11.5 Å². The third kappa shape index (κ3) is 7.16. The fourth-order valence-corrected chi connectivity index (χ4v) is 8.97. The number of likely N-dealkylation sites (tertiary alicyclic amines) is 1. The minimum Gasteiger partial charge on any atom is -0.454 e. The van der Waals surface area contributed by atoms with Crippen LogP contribution in [-0.4, -0.2) is 90.2 Å². The van der Waals surface area contributed by atoms with Crippen molar-refractivity contribution in [1.29, 1.82) is 0 Å². The van der Waals surface area contributed by atoms with E-state index in [4.69, 9.17) is 20.2 Å². The van der Waals surface area contributed by atoms with Crippen molar-refractivity contribution in [1.82, 2.24) is 34.6 Å². The maximum Gasteiger partial charge on any atom is 0.255 e. The van der Waals surface area contributed by atoms with Gasteiger partial charge in [0.25, 0.3) is 5.91 Å². The number of anilines is 2. The average molecular weight is 821 g/mol. The smallest absolute Gasteiger partial charge is 0.255 e. The van der Waals surface area contributed by atoms with Crippen LogP contribution in [-0.2, 0) is 27.5 Å². The molecule has 0 bridgehead atoms. The highest BCUT2D eigenvalue weighted by Crippen LogP contribution is 2.43. The average Bonchev–Trinajstić information content (AvgIpc) is 3.86. The molecule has 4 aliphatic heterocycles. The second-order valence-electron chi connectivity index (χ2n) is 13.8. The lowest BCUT2D eigenvalue weighted by atomic mass is 9.93. The molecule has 0 spiro atoms. The van der Waals surface area contributed by atoms with E-state index >= 15 is 0 Å². The first kappa shape index (κ1) is 36.1. The zero-order chi connectivity index (χ0) is 37.5. The molecule has 6 heterocycles. The number of halogens is 1. The van der Waals surface area contributed by atoms with Gasteiger partial charge in [0, 0.05) is 65.2 Å². The number of hydrogen-bond donors (Lipinski definition) is 4. The van der Waals surface area contributed by atoms with E-state index in [2.05, 4.69) is 41.1 Å². The fraction of sp³-hybridized carbons (Fsp3) is 0.417. The van der Waals surface area contributed by atoms with Crippen LogP contribution in [0.15, 0.2) is 51.2 Å². The lowest BCUT2D eigenvalue weighted by Crippen LogP contribution is -2.54. The number of carbonyl (C=O) groups is 4. The van der Waals surface area contributed by atoms with Gasteiger partial charge in [-0.15, -0.1) is 0 Å². The van der Waals surface area contributed by atoms with Crippen molar-refractivity contribution in [2.45, 2.75) is 80.4 Å². The number of aliphatic hydroxyl groups is 1. The number of nitrogens with zero attached hydrogens (tertiary/aromatic N) is 6. The summed E-state index contributed by atoms with van der Waals surface area (Å²) in [6.07, 6.45) is 3.81. The SMILES string of the molecule is Nc1ncnc2c1nc(Sc1cc3c(cc1Br)OCO3)n2CCC1CCN(C(=O)CCC(=O)Nc2cccc3c2CN(C2CCC(O)NC2=O)C3=O)CC1. The van der Waals surface area contributed by atoms with Gasteiger partial charge in [-0.1, -0.05) is 17.8 Å². The molecule has 2 atom stereocenters. The molecule has 282 valence electrons. The highest BCUT2D eigenvalue weighted by Gasteiger charge is 2.40. The molecule has 4 aromatic rings. The Balaban J connectivity index is 0.837. The van der Waals surface area contributed by atoms with E-state index in [9.17, 15) is 24.3 Å². The Morgan fingerprint density at radius 2 is 1.87 bits per heavy atom. The summed E-state index contributed by atoms with van der Waals surface area (Å²) in [5.41, 5.74) is 8.94. The van der Waals surface area contributed by atoms with Gasteiger partial charge in [-0.3, -0.25) is 19.2 Å². The molecule has 2 fully saturated rings. The van der Waals surface area contributed by atoms with Crippen LogP contribution < -0.4 is 25.8 Å². The van der Waals surface area contributed by atoms with Crippen LogP contribution >= 0.6 is 27.7 Å². The molecule has 2 aromatic carbocycles. The Hall–Kier alpha value is -4.94. The number of ether oxygens (including phenoxy) is 2. The molecule has 2 unspecified atom stereocenters. The molecule has 4 aliphatic rings. The zero-order valence-electron chi connectivity index (χ0n) is 29.1. The largest absolute Gasteiger partial charge is 0.454 e. The van der Waals surface area contributed by atoms with E-state index in [-0.39, 0.29) is 43.9 Å². The first-order valence-electron chi connectivity index (χ1n) is 17.9. The van der Waals surface area contributed by atoms with Crippen LogP contribution in [0, 0.1) is 5.92 Å². The van der Waals surface area contributed by atoms with Crippen molar-refractivity contribution < 1.29 is 33.8 Å². The van der Waals surface area contributed by atoms with Crippen LogP contribution in [0.5, 0.6) is 11.5 Å². The second kappa shape index (κ2) is 15.1. The number of aliphatic hydroxyl groups excluding tert-OH is 1. The quantitative estimate of drug-likeness (QED) is 0.181. The maximum absolute atomic E-state index is 13.2. The highest BCUT2D eigenvalue weighted by atomic mass is 79.9. The molecule has 8 rings (SSSR count). The molecule has 5 N–H and O–H groups in total. The minimum atomic E-state index is -0.918. The van der Waals surface area contributed by atoms with E-state index in [1.807, 2.05) is 17.0 Å². The lowest BCUT2D eigenvalue weighted by Gasteiger charge is -2.32. The molecule has 54 heavy (non-hydrogen) atoms. The van der Waals surface area contributed by atoms with Crippen LogP contribution in [0.3, 0.4) is 0 Å². The molecule has 18 heteroatoms. The van der Waals surface area contributed by atoms with Crippen molar-refractivity contribution in [3.63, 3.8) is 0 Å². The Labute approximate surface area is 322 Å². The van der Waals surface area contributed by atoms with Gasteiger partial charge in [-0.05, 0) is 78.2 Å². The number of hydrogen-bond acceptors (Lipinski definition) is 12. The van der Waals surface area contributed by atoms with Crippen molar-refractivity contribution in [3.05, 3.63) is 52.3 Å². The van der Waals surface area contributed by atoms with E-state index in [1.54, 1.807) is 18.2 Å². The summed E-state index contributed by atoms with van der Waals surface area (Å²) in [5.74, 6) is 0.949. The van der Waals surface area contributed by atoms with Crippen molar-refractivity contribution in [2.24, 2.45) is 5.92 Å². The van der Waals surface area contributed by atoms with Gasteiger partial charge >= 0.3 is 0 Å². The van der Waals surface area contributed by atoms with E-state index in [1.165, 1.54) is 23.0 Å². The number of nitrogens with one attached hydrogen (secondary N) is 2. The van der Waals surface area contributed by atoms with E-state index < -0.39 is 18.2 Å². The highest BCUT2D eigenvalue weighted by molar-refractivity contribution is 9.10. The molecular weight excluding hydrogens is 782 g/mol. The second-order valence-corrected chi connectivity index (χ2v) is 15.6. The number of rotatable bonds is 10. The van der Waals surface area contributed by atoms with Crippen molar-refractivity contribution in [2.75, 3.05) is 30.9 Å². The van der Waals surface area contributed by atoms with Crippen LogP contribution in [0.25, 0.3) is 11.2 Å². The number of aromatic nitrogens is 4. The topological polar surface area (TPSA) is 207 Å². The Bertz CT molecular complexity index is 2160. The fourth-order valence-electron chi connectivity index (χ4n) is 7.46. The number of nitrogens with two attached hydrogens (primary N) is 1. The predicted octanol–water partition coefficient (Wildman–Crippen LogP) is 3.65. The molecular formula is C36H38BrN9O7S. The van der Waals surface area contributed by atoms with E-state index in [0.717, 1.165) is 33.8 Å². The summed E-state index contributed by atoms with van der Waals surface area (Å²) in [6, 6.07) is 8.19. The molecule has 2 saturated heterocycles. The van der Waals surface area contributed by atoms with Crippen LogP contribution in [0.1, 0.15) is 60.9 Å². The Kier molecular flexibility index (Phi) is 10.1. The monoisotopic (exact) mass is 819 g/mol. The predicted molar refractivity (Wildman–Crippen MR) is 199 cm³/mol. The Morgan fingerprint density at radius 3 is 2.67 bits per heavy atom. The van der Waals surface area contributed by atoms with Gasteiger partial charge in [-0.2, -0.15) is 0 Å². The first-order chi connectivity index (χ1) is 26.1. The standard InChI is InChI=1S/C36H38BrN9O7S/c37-22-14-25-26(53-18-52-25)15-27(22)54-36-43-31-32(38)39-17-40-33(31)45(36)13-10-19-8-11-44(12-9-19)30(49)7-6-28(47)41-23-3-1-2-20-21(23)16-46(35(20)51)24-4-5-29(48)42-34(24)50/h1-3,14-15,17,19,24,29,48H,4-13,16,18H2,(H,41,47)(H,42,50)(H2,38,39,40). The number of imidazole rings is 1. The molecule has 16 nitrogen and oxygen atoms in total. The summed E-state index contributed by atoms with van der Waals surface area (Å²) in [5, 5.41) is 15.8. The van der Waals surface area contributed by atoms with Gasteiger partial charge in [0.15, 0.2) is 33.6 Å². The number of fused-ring (bicyclic) bond motifs is 3. The Morgan fingerprint density at radius 1 is 1.07 bits per heavy atom. The number of aryl methyl sites for hydroxylation is 1. The number of amides is 4. The van der Waals surface area contributed by atoms with Gasteiger partial charge in [-0.25, -0.2) is 15.0 Å². The summed E-state index contributed by atoms with van der Waals surface area (Å²) in [6.45, 7) is 2.21. The van der Waals surface area contributed by atoms with Crippen molar-refractivity contribution >= 4 is 74.0 Å². The third-order valence-electron chi connectivity index (χ3n) is 10.4. The number of carbonyl (C=O) groups excluding carboxylic acids is 4. The van der Waals surface area contributed by atoms with Gasteiger partial charge in [0.1, 0.15) is 18.6 Å². The number of nitrogen functional groups attached to an aromatic ring is 1. The first-order valence-corrected chi connectivity index (χ1v) is 19.5. The van der Waals surface area contributed by atoms with Crippen LogP contribution in [0.4, 0.5) is 11.5 Å². The van der Waals surface area contributed by atoms with Gasteiger partial charge in [0.05, 0.1) is 0 Å². The number of piperidine rings is 2. The normalized spacial score (nSPS) is 19.7. The number of benzene rings is 2. The summed E-state index contributed by atoms with van der Waals surface area (Å²) in [7, 11) is 0. The molecule has 0 radical (unpaired) electrons. The summed E-state index contributed by atoms with van der Waals surface area (Å²) in [4.78, 5) is 69.5. The minimum absolute atomic E-state index is 0.00162. The molecule has 0 aliphatic carbocycles. The zero-order valence-corrected chi connectivity index (χ0v) is 31.5. The molecule has 2 aromatic heterocycles. The molecule has 4 amide bonds. The van der Waals surface area contributed by atoms with Gasteiger partial charge in [0.2, 0.25) is 24.5 Å². The third-order valence-corrected chi connectivity index (χ3v) is 12.4. The summed E-state index contributed by atoms with van der Waals surface area (Å²) < 4.78 is 14.0. The van der Waals surface area contributed by atoms with Crippen LogP contribution in [0.2, 0.25) is 0 Å². The van der Waals surface area contributed by atoms with E-state index in [0.29, 0.717) is 83.7 Å². The molecule has 0 saturated carbocycles. The maximum atomic E-state index is 13.2. The summed E-state index contributed by atoms with van der Waals surface area (Å²) >= 11 is 5.12. The lowest BCUT2D eigenvalue weighted by molar-refractivity contribution is -0.134.